The molecular weight excluding hydrogens is 243 g/mol. The van der Waals surface area contributed by atoms with Crippen molar-refractivity contribution in [2.75, 3.05) is 14.2 Å². The molecule has 0 aliphatic rings. The second kappa shape index (κ2) is 5.24. The number of ether oxygens (including phenoxy) is 2. The van der Waals surface area contributed by atoms with E-state index in [4.69, 9.17) is 0 Å². The number of esters is 1. The topological polar surface area (TPSA) is 64.6 Å². The van der Waals surface area contributed by atoms with Crippen LogP contribution in [-0.2, 0) is 14.3 Å². The number of alkyl carbamates (subject to hydrolysis) is 1. The molecule has 5 nitrogen and oxygen atoms in total. The van der Waals surface area contributed by atoms with Gasteiger partial charge in [0.05, 0.1) is 19.6 Å². The molecule has 0 saturated carbocycles. The van der Waals surface area contributed by atoms with Gasteiger partial charge in [-0.25, -0.2) is 4.79 Å². The largest absolute Gasteiger partial charge is 0.469 e. The molecule has 1 atom stereocenters. The summed E-state index contributed by atoms with van der Waals surface area (Å²) in [6, 6.07) is -2.39. The van der Waals surface area contributed by atoms with Crippen LogP contribution in [0.4, 0.5) is 18.0 Å². The SMILES string of the molecule is COC(=O)NC(C(F)(F)F)C(C)(C)C(=O)OC. The van der Waals surface area contributed by atoms with E-state index in [1.165, 1.54) is 0 Å². The Hall–Kier alpha value is -1.47. The highest BCUT2D eigenvalue weighted by atomic mass is 19.4. The lowest BCUT2D eigenvalue weighted by Crippen LogP contribution is -2.57. The van der Waals surface area contributed by atoms with E-state index in [1.807, 2.05) is 0 Å². The maximum atomic E-state index is 12.7. The number of carbonyl (C=O) groups excluding carboxylic acids is 2. The monoisotopic (exact) mass is 257 g/mol. The van der Waals surface area contributed by atoms with Crippen molar-refractivity contribution in [3.63, 3.8) is 0 Å². The van der Waals surface area contributed by atoms with Gasteiger partial charge in [0.1, 0.15) is 6.04 Å². The van der Waals surface area contributed by atoms with E-state index in [2.05, 4.69) is 9.47 Å². The molecule has 0 heterocycles. The zero-order chi connectivity index (χ0) is 13.9. The van der Waals surface area contributed by atoms with E-state index in [0.717, 1.165) is 28.1 Å². The van der Waals surface area contributed by atoms with Crippen LogP contribution in [0.5, 0.6) is 0 Å². The van der Waals surface area contributed by atoms with Gasteiger partial charge in [0.2, 0.25) is 0 Å². The Labute approximate surface area is 96.3 Å². The second-order valence-corrected chi connectivity index (χ2v) is 3.82. The Balaban J connectivity index is 5.19. The van der Waals surface area contributed by atoms with E-state index in [-0.39, 0.29) is 0 Å². The highest BCUT2D eigenvalue weighted by molar-refractivity contribution is 5.78. The van der Waals surface area contributed by atoms with Gasteiger partial charge in [0.25, 0.3) is 0 Å². The number of amides is 1. The average molecular weight is 257 g/mol. The lowest BCUT2D eigenvalue weighted by Gasteiger charge is -2.33. The van der Waals surface area contributed by atoms with Gasteiger partial charge in [0.15, 0.2) is 0 Å². The van der Waals surface area contributed by atoms with E-state index >= 15 is 0 Å². The molecule has 0 aliphatic heterocycles. The lowest BCUT2D eigenvalue weighted by molar-refractivity contribution is -0.191. The van der Waals surface area contributed by atoms with Gasteiger partial charge in [-0.05, 0) is 13.8 Å². The Bertz CT molecular complexity index is 301. The van der Waals surface area contributed by atoms with E-state index < -0.39 is 29.7 Å². The first-order chi connectivity index (χ1) is 7.57. The Morgan fingerprint density at radius 3 is 1.88 bits per heavy atom. The van der Waals surface area contributed by atoms with Gasteiger partial charge >= 0.3 is 18.2 Å². The molecular formula is C9H14F3NO4. The summed E-state index contributed by atoms with van der Waals surface area (Å²) in [5.41, 5.74) is -1.96. The summed E-state index contributed by atoms with van der Waals surface area (Å²) in [6.07, 6.45) is -6.07. The quantitative estimate of drug-likeness (QED) is 0.777. The molecule has 0 radical (unpaired) electrons. The second-order valence-electron chi connectivity index (χ2n) is 3.82. The first-order valence-corrected chi connectivity index (χ1v) is 4.57. The molecule has 0 saturated heterocycles. The molecule has 0 aromatic heterocycles. The van der Waals surface area contributed by atoms with Gasteiger partial charge in [-0.1, -0.05) is 0 Å². The minimum absolute atomic E-state index is 0.925. The standard InChI is InChI=1S/C9H14F3NO4/c1-8(2,6(14)16-3)5(9(10,11)12)13-7(15)17-4/h5H,1-4H3,(H,13,15). The first kappa shape index (κ1) is 15.5. The molecule has 8 heteroatoms. The first-order valence-electron chi connectivity index (χ1n) is 4.57. The van der Waals surface area contributed by atoms with Crippen molar-refractivity contribution in [2.24, 2.45) is 5.41 Å². The maximum absolute atomic E-state index is 12.7. The molecule has 100 valence electrons. The summed E-state index contributed by atoms with van der Waals surface area (Å²) in [7, 11) is 1.89. The summed E-state index contributed by atoms with van der Waals surface area (Å²) < 4.78 is 46.6. The number of halogens is 3. The highest BCUT2D eigenvalue weighted by Gasteiger charge is 2.54. The number of alkyl halides is 3. The van der Waals surface area contributed by atoms with Crippen molar-refractivity contribution >= 4 is 12.1 Å². The third kappa shape index (κ3) is 3.79. The van der Waals surface area contributed by atoms with Gasteiger partial charge in [-0.3, -0.25) is 4.79 Å². The molecule has 1 N–H and O–H groups in total. The predicted octanol–water partition coefficient (Wildman–Crippen LogP) is 1.47. The number of nitrogens with one attached hydrogen (secondary N) is 1. The molecule has 1 amide bonds. The zero-order valence-corrected chi connectivity index (χ0v) is 9.84. The van der Waals surface area contributed by atoms with Crippen LogP contribution in [0.2, 0.25) is 0 Å². The summed E-state index contributed by atoms with van der Waals surface area (Å²) >= 11 is 0. The van der Waals surface area contributed by atoms with Gasteiger partial charge in [0, 0.05) is 0 Å². The fourth-order valence-corrected chi connectivity index (χ4v) is 1.23. The van der Waals surface area contributed by atoms with Crippen molar-refractivity contribution in [2.45, 2.75) is 26.1 Å². The van der Waals surface area contributed by atoms with E-state index in [9.17, 15) is 22.8 Å². The van der Waals surface area contributed by atoms with Crippen LogP contribution in [-0.4, -0.2) is 38.5 Å². The normalized spacial score (nSPS) is 13.8. The molecule has 0 bridgehead atoms. The third-order valence-electron chi connectivity index (χ3n) is 2.21. The van der Waals surface area contributed by atoms with Crippen molar-refractivity contribution in [1.29, 1.82) is 0 Å². The minimum Gasteiger partial charge on any atom is -0.469 e. The summed E-state index contributed by atoms with van der Waals surface area (Å²) in [6.45, 7) is 2.04. The predicted molar refractivity (Wildman–Crippen MR) is 51.2 cm³/mol. The summed E-state index contributed by atoms with van der Waals surface area (Å²) in [5.74, 6) is -1.09. The van der Waals surface area contributed by atoms with Crippen molar-refractivity contribution in [3.05, 3.63) is 0 Å². The van der Waals surface area contributed by atoms with Crippen molar-refractivity contribution in [3.8, 4) is 0 Å². The molecule has 17 heavy (non-hydrogen) atoms. The Morgan fingerprint density at radius 2 is 1.59 bits per heavy atom. The molecule has 0 aromatic carbocycles. The Kier molecular flexibility index (Phi) is 4.79. The molecule has 1 unspecified atom stereocenters. The number of methoxy groups -OCH3 is 2. The van der Waals surface area contributed by atoms with Crippen LogP contribution >= 0.6 is 0 Å². The smallest absolute Gasteiger partial charge is 0.409 e. The number of carbonyl (C=O) groups is 2. The zero-order valence-electron chi connectivity index (χ0n) is 9.84. The fourth-order valence-electron chi connectivity index (χ4n) is 1.23. The third-order valence-corrected chi connectivity index (χ3v) is 2.21. The average Bonchev–Trinajstić information content (AvgIpc) is 2.22. The van der Waals surface area contributed by atoms with Gasteiger partial charge in [-0.15, -0.1) is 0 Å². The summed E-state index contributed by atoms with van der Waals surface area (Å²) in [4.78, 5) is 22.1. The number of rotatable bonds is 3. The molecule has 0 fully saturated rings. The van der Waals surface area contributed by atoms with Crippen LogP contribution in [0.15, 0.2) is 0 Å². The highest BCUT2D eigenvalue weighted by Crippen LogP contribution is 2.34. The van der Waals surface area contributed by atoms with Crippen molar-refractivity contribution < 1.29 is 32.2 Å². The fraction of sp³-hybridized carbons (Fsp3) is 0.778. The minimum atomic E-state index is -4.80. The molecule has 0 spiro atoms. The Morgan fingerprint density at radius 1 is 1.12 bits per heavy atom. The van der Waals surface area contributed by atoms with Crippen molar-refractivity contribution in [1.82, 2.24) is 5.32 Å². The van der Waals surface area contributed by atoms with Crippen LogP contribution in [0, 0.1) is 5.41 Å². The molecule has 0 aliphatic carbocycles. The van der Waals surface area contributed by atoms with E-state index in [0.29, 0.717) is 0 Å². The van der Waals surface area contributed by atoms with Crippen LogP contribution in [0.3, 0.4) is 0 Å². The number of hydrogen-bond acceptors (Lipinski definition) is 4. The molecule has 0 aromatic rings. The van der Waals surface area contributed by atoms with E-state index in [1.54, 1.807) is 5.32 Å². The van der Waals surface area contributed by atoms with Gasteiger partial charge in [-0.2, -0.15) is 13.2 Å². The number of hydrogen-bond donors (Lipinski definition) is 1. The molecule has 0 rings (SSSR count). The van der Waals surface area contributed by atoms with Crippen LogP contribution in [0.25, 0.3) is 0 Å². The van der Waals surface area contributed by atoms with Gasteiger partial charge < -0.3 is 14.8 Å². The lowest BCUT2D eigenvalue weighted by atomic mass is 9.84. The summed E-state index contributed by atoms with van der Waals surface area (Å²) in [5, 5.41) is 1.58. The van der Waals surface area contributed by atoms with Crippen LogP contribution in [0.1, 0.15) is 13.8 Å². The van der Waals surface area contributed by atoms with Crippen LogP contribution < -0.4 is 5.32 Å². The maximum Gasteiger partial charge on any atom is 0.409 e.